The highest BCUT2D eigenvalue weighted by Crippen LogP contribution is 2.15. The number of benzene rings is 2. The summed E-state index contributed by atoms with van der Waals surface area (Å²) >= 11 is 0. The summed E-state index contributed by atoms with van der Waals surface area (Å²) in [6.07, 6.45) is 0. The normalized spacial score (nSPS) is 10.2. The van der Waals surface area contributed by atoms with E-state index in [0.29, 0.717) is 13.2 Å². The van der Waals surface area contributed by atoms with Crippen LogP contribution in [0.2, 0.25) is 0 Å². The van der Waals surface area contributed by atoms with Gasteiger partial charge in [-0.25, -0.2) is 4.39 Å². The Balaban J connectivity index is 1.83. The van der Waals surface area contributed by atoms with Crippen LogP contribution in [0.25, 0.3) is 0 Å². The molecule has 0 atom stereocenters. The average Bonchev–Trinajstić information content (AvgIpc) is 2.46. The number of nitrogen functional groups attached to an aromatic ring is 1. The lowest BCUT2D eigenvalue weighted by atomic mass is 10.1. The molecule has 4 nitrogen and oxygen atoms in total. The van der Waals surface area contributed by atoms with Gasteiger partial charge in [0.1, 0.15) is 18.2 Å². The van der Waals surface area contributed by atoms with Gasteiger partial charge in [-0.1, -0.05) is 18.2 Å². The number of aryl methyl sites for hydroxylation is 1. The van der Waals surface area contributed by atoms with Crippen LogP contribution in [0.5, 0.6) is 5.75 Å². The summed E-state index contributed by atoms with van der Waals surface area (Å²) in [6.45, 7) is 2.61. The molecule has 0 aliphatic heterocycles. The second kappa shape index (κ2) is 6.74. The minimum absolute atomic E-state index is 0.130. The van der Waals surface area contributed by atoms with E-state index in [1.54, 1.807) is 0 Å². The standard InChI is InChI=1S/C16H17FN2O2/c1-11-4-2-5-12(10-11)21-9-8-19-16(20)13-6-3-7-14(17)15(13)18/h2-7,10H,8-9,18H2,1H3,(H,19,20). The van der Waals surface area contributed by atoms with Crippen LogP contribution in [-0.2, 0) is 0 Å². The lowest BCUT2D eigenvalue weighted by Crippen LogP contribution is -2.28. The van der Waals surface area contributed by atoms with Crippen LogP contribution in [0.4, 0.5) is 10.1 Å². The molecule has 0 spiro atoms. The third-order valence-electron chi connectivity index (χ3n) is 2.94. The van der Waals surface area contributed by atoms with Crippen molar-refractivity contribution in [2.75, 3.05) is 18.9 Å². The van der Waals surface area contributed by atoms with Crippen molar-refractivity contribution in [2.24, 2.45) is 0 Å². The number of amides is 1. The van der Waals surface area contributed by atoms with E-state index in [-0.39, 0.29) is 11.3 Å². The quantitative estimate of drug-likeness (QED) is 0.656. The van der Waals surface area contributed by atoms with Crippen LogP contribution in [0.1, 0.15) is 15.9 Å². The summed E-state index contributed by atoms with van der Waals surface area (Å²) in [4.78, 5) is 11.9. The van der Waals surface area contributed by atoms with Crippen molar-refractivity contribution in [3.63, 3.8) is 0 Å². The number of nitrogens with two attached hydrogens (primary N) is 1. The minimum atomic E-state index is -0.598. The number of ether oxygens (including phenoxy) is 1. The highest BCUT2D eigenvalue weighted by Gasteiger charge is 2.11. The first kappa shape index (κ1) is 14.8. The molecular formula is C16H17FN2O2. The van der Waals surface area contributed by atoms with Crippen molar-refractivity contribution in [1.82, 2.24) is 5.32 Å². The Bertz CT molecular complexity index is 644. The maximum atomic E-state index is 13.3. The molecule has 0 aliphatic rings. The van der Waals surface area contributed by atoms with Crippen LogP contribution >= 0.6 is 0 Å². The van der Waals surface area contributed by atoms with Gasteiger partial charge in [-0.3, -0.25) is 4.79 Å². The van der Waals surface area contributed by atoms with Crippen LogP contribution in [-0.4, -0.2) is 19.1 Å². The maximum Gasteiger partial charge on any atom is 0.253 e. The molecule has 0 aromatic heterocycles. The zero-order chi connectivity index (χ0) is 15.2. The van der Waals surface area contributed by atoms with Crippen molar-refractivity contribution in [3.8, 4) is 5.75 Å². The summed E-state index contributed by atoms with van der Waals surface area (Å²) in [5, 5.41) is 2.64. The van der Waals surface area contributed by atoms with E-state index >= 15 is 0 Å². The Morgan fingerprint density at radius 3 is 2.81 bits per heavy atom. The van der Waals surface area contributed by atoms with Gasteiger partial charge >= 0.3 is 0 Å². The molecule has 0 aliphatic carbocycles. The number of rotatable bonds is 5. The van der Waals surface area contributed by atoms with Crippen LogP contribution in [0, 0.1) is 12.7 Å². The molecule has 21 heavy (non-hydrogen) atoms. The fourth-order valence-corrected chi connectivity index (χ4v) is 1.87. The van der Waals surface area contributed by atoms with Crippen LogP contribution in [0.15, 0.2) is 42.5 Å². The number of anilines is 1. The first-order valence-corrected chi connectivity index (χ1v) is 6.59. The summed E-state index contributed by atoms with van der Waals surface area (Å²) in [5.41, 5.74) is 6.62. The van der Waals surface area contributed by atoms with E-state index in [1.165, 1.54) is 18.2 Å². The lowest BCUT2D eigenvalue weighted by Gasteiger charge is -2.09. The molecule has 0 heterocycles. The zero-order valence-electron chi connectivity index (χ0n) is 11.7. The summed E-state index contributed by atoms with van der Waals surface area (Å²) < 4.78 is 18.8. The van der Waals surface area contributed by atoms with Crippen LogP contribution < -0.4 is 15.8 Å². The van der Waals surface area contributed by atoms with E-state index in [2.05, 4.69) is 5.32 Å². The highest BCUT2D eigenvalue weighted by atomic mass is 19.1. The second-order valence-electron chi connectivity index (χ2n) is 4.62. The Labute approximate surface area is 122 Å². The molecule has 0 fully saturated rings. The van der Waals surface area contributed by atoms with Gasteiger partial charge in [-0.2, -0.15) is 0 Å². The van der Waals surface area contributed by atoms with Crippen molar-refractivity contribution >= 4 is 11.6 Å². The molecule has 2 rings (SSSR count). The second-order valence-corrected chi connectivity index (χ2v) is 4.62. The SMILES string of the molecule is Cc1cccc(OCCNC(=O)c2cccc(F)c2N)c1. The van der Waals surface area contributed by atoms with Gasteiger partial charge in [0, 0.05) is 0 Å². The van der Waals surface area contributed by atoms with E-state index in [4.69, 9.17) is 10.5 Å². The van der Waals surface area contributed by atoms with E-state index in [0.717, 1.165) is 11.3 Å². The average molecular weight is 288 g/mol. The first-order valence-electron chi connectivity index (χ1n) is 6.59. The molecule has 2 aromatic rings. The third-order valence-corrected chi connectivity index (χ3v) is 2.94. The van der Waals surface area contributed by atoms with Crippen molar-refractivity contribution in [3.05, 3.63) is 59.4 Å². The fourth-order valence-electron chi connectivity index (χ4n) is 1.87. The number of carbonyl (C=O) groups excluding carboxylic acids is 1. The van der Waals surface area contributed by atoms with Gasteiger partial charge in [0.05, 0.1) is 17.8 Å². The van der Waals surface area contributed by atoms with Crippen molar-refractivity contribution < 1.29 is 13.9 Å². The van der Waals surface area contributed by atoms with Crippen LogP contribution in [0.3, 0.4) is 0 Å². The summed E-state index contributed by atoms with van der Waals surface area (Å²) in [6, 6.07) is 11.8. The topological polar surface area (TPSA) is 64.3 Å². The van der Waals surface area contributed by atoms with E-state index < -0.39 is 11.7 Å². The molecule has 110 valence electrons. The van der Waals surface area contributed by atoms with Crippen molar-refractivity contribution in [1.29, 1.82) is 0 Å². The van der Waals surface area contributed by atoms with E-state index in [9.17, 15) is 9.18 Å². The summed E-state index contributed by atoms with van der Waals surface area (Å²) in [7, 11) is 0. The van der Waals surface area contributed by atoms with Gasteiger partial charge in [0.15, 0.2) is 0 Å². The molecule has 0 saturated heterocycles. The maximum absolute atomic E-state index is 13.3. The molecule has 2 aromatic carbocycles. The number of carbonyl (C=O) groups is 1. The molecule has 0 bridgehead atoms. The van der Waals surface area contributed by atoms with Gasteiger partial charge < -0.3 is 15.8 Å². The fraction of sp³-hybridized carbons (Fsp3) is 0.188. The largest absolute Gasteiger partial charge is 0.492 e. The Morgan fingerprint density at radius 1 is 1.29 bits per heavy atom. The predicted molar refractivity (Wildman–Crippen MR) is 79.8 cm³/mol. The van der Waals surface area contributed by atoms with Gasteiger partial charge in [0.25, 0.3) is 5.91 Å². The van der Waals surface area contributed by atoms with Gasteiger partial charge in [0.2, 0.25) is 0 Å². The molecular weight excluding hydrogens is 271 g/mol. The predicted octanol–water partition coefficient (Wildman–Crippen LogP) is 2.53. The number of hydrogen-bond donors (Lipinski definition) is 2. The molecule has 0 saturated carbocycles. The Kier molecular flexibility index (Phi) is 4.77. The smallest absolute Gasteiger partial charge is 0.253 e. The van der Waals surface area contributed by atoms with Gasteiger partial charge in [-0.05, 0) is 36.8 Å². The molecule has 5 heteroatoms. The minimum Gasteiger partial charge on any atom is -0.492 e. The Hall–Kier alpha value is -2.56. The molecule has 1 amide bonds. The number of hydrogen-bond acceptors (Lipinski definition) is 3. The lowest BCUT2D eigenvalue weighted by molar-refractivity contribution is 0.0947. The number of halogens is 1. The van der Waals surface area contributed by atoms with Crippen molar-refractivity contribution in [2.45, 2.75) is 6.92 Å². The van der Waals surface area contributed by atoms with Gasteiger partial charge in [-0.15, -0.1) is 0 Å². The highest BCUT2D eigenvalue weighted by molar-refractivity contribution is 5.99. The number of para-hydroxylation sites is 1. The monoisotopic (exact) mass is 288 g/mol. The Morgan fingerprint density at radius 2 is 2.05 bits per heavy atom. The molecule has 0 unspecified atom stereocenters. The molecule has 0 radical (unpaired) electrons. The first-order chi connectivity index (χ1) is 10.1. The zero-order valence-corrected chi connectivity index (χ0v) is 11.7. The third kappa shape index (κ3) is 3.95. The molecule has 3 N–H and O–H groups in total. The number of nitrogens with one attached hydrogen (secondary N) is 1. The van der Waals surface area contributed by atoms with E-state index in [1.807, 2.05) is 31.2 Å². The summed E-state index contributed by atoms with van der Waals surface area (Å²) in [5.74, 6) is -0.270.